The SMILES string of the molecule is NCc1nc2nc3ccccc3cc2c(=O)[nH]1. The van der Waals surface area contributed by atoms with Gasteiger partial charge in [-0.25, -0.2) is 9.97 Å². The van der Waals surface area contributed by atoms with Crippen LogP contribution in [0.2, 0.25) is 0 Å². The topological polar surface area (TPSA) is 84.7 Å². The van der Waals surface area contributed by atoms with E-state index in [1.807, 2.05) is 24.3 Å². The van der Waals surface area contributed by atoms with Gasteiger partial charge >= 0.3 is 0 Å². The molecule has 17 heavy (non-hydrogen) atoms. The molecule has 2 aromatic heterocycles. The average molecular weight is 226 g/mol. The predicted octanol–water partition coefficient (Wildman–Crippen LogP) is 0.930. The molecule has 3 aromatic rings. The number of nitrogens with zero attached hydrogens (tertiary/aromatic N) is 2. The fourth-order valence-electron chi connectivity index (χ4n) is 1.81. The summed E-state index contributed by atoms with van der Waals surface area (Å²) in [5, 5.41) is 1.41. The van der Waals surface area contributed by atoms with Crippen LogP contribution < -0.4 is 11.3 Å². The van der Waals surface area contributed by atoms with Gasteiger partial charge in [0, 0.05) is 5.39 Å². The molecular formula is C12H10N4O. The summed E-state index contributed by atoms with van der Waals surface area (Å²) in [5.41, 5.74) is 6.52. The second-order valence-electron chi connectivity index (χ2n) is 3.77. The molecule has 0 atom stereocenters. The lowest BCUT2D eigenvalue weighted by Gasteiger charge is -2.02. The minimum absolute atomic E-state index is 0.194. The van der Waals surface area contributed by atoms with E-state index in [0.717, 1.165) is 10.9 Å². The molecule has 0 aliphatic carbocycles. The maximum atomic E-state index is 11.8. The molecular weight excluding hydrogens is 216 g/mol. The van der Waals surface area contributed by atoms with Crippen LogP contribution in [0.1, 0.15) is 5.82 Å². The number of aromatic amines is 1. The highest BCUT2D eigenvalue weighted by Crippen LogP contribution is 2.15. The van der Waals surface area contributed by atoms with Crippen molar-refractivity contribution in [2.24, 2.45) is 5.73 Å². The standard InChI is InChI=1S/C12H10N4O/c13-6-10-15-11-8(12(17)16-10)5-7-3-1-2-4-9(7)14-11/h1-5H,6,13H2,(H,14,15,16,17). The van der Waals surface area contributed by atoms with Gasteiger partial charge < -0.3 is 10.7 Å². The van der Waals surface area contributed by atoms with Gasteiger partial charge in [0.25, 0.3) is 5.56 Å². The zero-order chi connectivity index (χ0) is 11.8. The Balaban J connectivity index is 2.47. The molecule has 0 saturated carbocycles. The summed E-state index contributed by atoms with van der Waals surface area (Å²) in [4.78, 5) is 23.0. The maximum Gasteiger partial charge on any atom is 0.260 e. The van der Waals surface area contributed by atoms with Crippen LogP contribution in [0.4, 0.5) is 0 Å². The third kappa shape index (κ3) is 1.57. The van der Waals surface area contributed by atoms with E-state index in [1.54, 1.807) is 6.07 Å². The van der Waals surface area contributed by atoms with E-state index in [2.05, 4.69) is 15.0 Å². The summed E-state index contributed by atoms with van der Waals surface area (Å²) >= 11 is 0. The van der Waals surface area contributed by atoms with Gasteiger partial charge in [0.15, 0.2) is 5.65 Å². The van der Waals surface area contributed by atoms with Crippen molar-refractivity contribution in [2.75, 3.05) is 0 Å². The Hall–Kier alpha value is -2.27. The van der Waals surface area contributed by atoms with Crippen LogP contribution in [0, 0.1) is 0 Å². The molecule has 2 heterocycles. The van der Waals surface area contributed by atoms with Gasteiger partial charge in [0.05, 0.1) is 17.4 Å². The number of pyridine rings is 1. The average Bonchev–Trinajstić information content (AvgIpc) is 2.36. The van der Waals surface area contributed by atoms with Gasteiger partial charge in [-0.15, -0.1) is 0 Å². The number of benzene rings is 1. The van der Waals surface area contributed by atoms with Gasteiger partial charge in [-0.2, -0.15) is 0 Å². The van der Waals surface area contributed by atoms with Crippen LogP contribution in [0.5, 0.6) is 0 Å². The highest BCUT2D eigenvalue weighted by atomic mass is 16.1. The number of aromatic nitrogens is 3. The lowest BCUT2D eigenvalue weighted by molar-refractivity contribution is 0.908. The molecule has 0 saturated heterocycles. The number of hydrogen-bond donors (Lipinski definition) is 2. The number of para-hydroxylation sites is 1. The number of fused-ring (bicyclic) bond motifs is 2. The number of nitrogens with one attached hydrogen (secondary N) is 1. The molecule has 0 radical (unpaired) electrons. The molecule has 84 valence electrons. The van der Waals surface area contributed by atoms with Crippen molar-refractivity contribution in [1.82, 2.24) is 15.0 Å². The zero-order valence-corrected chi connectivity index (χ0v) is 8.97. The molecule has 0 fully saturated rings. The molecule has 0 amide bonds. The van der Waals surface area contributed by atoms with Crippen LogP contribution in [0.3, 0.4) is 0 Å². The molecule has 3 N–H and O–H groups in total. The van der Waals surface area contributed by atoms with Crippen molar-refractivity contribution < 1.29 is 0 Å². The number of nitrogens with two attached hydrogens (primary N) is 1. The molecule has 5 heteroatoms. The Morgan fingerprint density at radius 3 is 2.88 bits per heavy atom. The third-order valence-corrected chi connectivity index (χ3v) is 2.64. The molecule has 3 rings (SSSR count). The first-order valence-electron chi connectivity index (χ1n) is 5.27. The van der Waals surface area contributed by atoms with E-state index in [0.29, 0.717) is 16.9 Å². The van der Waals surface area contributed by atoms with E-state index >= 15 is 0 Å². The third-order valence-electron chi connectivity index (χ3n) is 2.64. The Morgan fingerprint density at radius 1 is 1.24 bits per heavy atom. The molecule has 0 aliphatic heterocycles. The monoisotopic (exact) mass is 226 g/mol. The molecule has 5 nitrogen and oxygen atoms in total. The van der Waals surface area contributed by atoms with Crippen LogP contribution >= 0.6 is 0 Å². The zero-order valence-electron chi connectivity index (χ0n) is 8.97. The minimum atomic E-state index is -0.200. The Morgan fingerprint density at radius 2 is 2.06 bits per heavy atom. The number of H-pyrrole nitrogens is 1. The summed E-state index contributed by atoms with van der Waals surface area (Å²) in [6, 6.07) is 9.41. The van der Waals surface area contributed by atoms with E-state index in [4.69, 9.17) is 5.73 Å². The molecule has 0 unspecified atom stereocenters. The van der Waals surface area contributed by atoms with E-state index in [9.17, 15) is 4.79 Å². The van der Waals surface area contributed by atoms with Crippen molar-refractivity contribution in [3.63, 3.8) is 0 Å². The first-order chi connectivity index (χ1) is 8.28. The smallest absolute Gasteiger partial charge is 0.260 e. The second kappa shape index (κ2) is 3.64. The van der Waals surface area contributed by atoms with E-state index < -0.39 is 0 Å². The maximum absolute atomic E-state index is 11.8. The summed E-state index contributed by atoms with van der Waals surface area (Å²) in [7, 11) is 0. The lowest BCUT2D eigenvalue weighted by Crippen LogP contribution is -2.15. The largest absolute Gasteiger partial charge is 0.324 e. The van der Waals surface area contributed by atoms with Crippen molar-refractivity contribution in [2.45, 2.75) is 6.54 Å². The van der Waals surface area contributed by atoms with Gasteiger partial charge in [0.2, 0.25) is 0 Å². The summed E-state index contributed by atoms with van der Waals surface area (Å²) in [6.07, 6.45) is 0. The molecule has 0 bridgehead atoms. The summed E-state index contributed by atoms with van der Waals surface area (Å²) in [6.45, 7) is 0.194. The summed E-state index contributed by atoms with van der Waals surface area (Å²) < 4.78 is 0. The Labute approximate surface area is 96.3 Å². The number of rotatable bonds is 1. The molecule has 0 spiro atoms. The number of hydrogen-bond acceptors (Lipinski definition) is 4. The van der Waals surface area contributed by atoms with Crippen LogP contribution in [0.25, 0.3) is 21.9 Å². The predicted molar refractivity (Wildman–Crippen MR) is 65.6 cm³/mol. The highest BCUT2D eigenvalue weighted by molar-refractivity contribution is 5.90. The van der Waals surface area contributed by atoms with Crippen molar-refractivity contribution in [3.05, 3.63) is 46.5 Å². The van der Waals surface area contributed by atoms with Gasteiger partial charge in [-0.1, -0.05) is 18.2 Å². The van der Waals surface area contributed by atoms with Crippen molar-refractivity contribution in [1.29, 1.82) is 0 Å². The van der Waals surface area contributed by atoms with Gasteiger partial charge in [-0.3, -0.25) is 4.79 Å². The fourth-order valence-corrected chi connectivity index (χ4v) is 1.81. The minimum Gasteiger partial charge on any atom is -0.324 e. The Bertz CT molecular complexity index is 763. The van der Waals surface area contributed by atoms with E-state index in [1.165, 1.54) is 0 Å². The quantitative estimate of drug-likeness (QED) is 0.604. The van der Waals surface area contributed by atoms with Crippen molar-refractivity contribution >= 4 is 21.9 Å². The van der Waals surface area contributed by atoms with Crippen LogP contribution in [-0.4, -0.2) is 15.0 Å². The summed E-state index contributed by atoms with van der Waals surface area (Å²) in [5.74, 6) is 0.449. The van der Waals surface area contributed by atoms with Crippen molar-refractivity contribution in [3.8, 4) is 0 Å². The fraction of sp³-hybridized carbons (Fsp3) is 0.0833. The first-order valence-corrected chi connectivity index (χ1v) is 5.27. The van der Waals surface area contributed by atoms with Crippen LogP contribution in [-0.2, 0) is 6.54 Å². The van der Waals surface area contributed by atoms with E-state index in [-0.39, 0.29) is 12.1 Å². The van der Waals surface area contributed by atoms with Gasteiger partial charge in [-0.05, 0) is 12.1 Å². The molecule has 0 aliphatic rings. The molecule has 1 aromatic carbocycles. The highest BCUT2D eigenvalue weighted by Gasteiger charge is 2.05. The van der Waals surface area contributed by atoms with Crippen LogP contribution in [0.15, 0.2) is 35.1 Å². The lowest BCUT2D eigenvalue weighted by atomic mass is 10.2. The Kier molecular flexibility index (Phi) is 2.12. The first kappa shape index (κ1) is 9.92. The normalized spacial score (nSPS) is 11.1. The van der Waals surface area contributed by atoms with Gasteiger partial charge in [0.1, 0.15) is 5.82 Å². The second-order valence-corrected chi connectivity index (χ2v) is 3.77.